The molecule has 1 aliphatic rings. The Balaban J connectivity index is 2.31. The molecule has 0 fully saturated rings. The molecule has 2 aromatic rings. The zero-order valence-corrected chi connectivity index (χ0v) is 9.03. The first-order valence-electron chi connectivity index (χ1n) is 5.36. The number of hydrogen-bond donors (Lipinski definition) is 1. The highest BCUT2D eigenvalue weighted by Gasteiger charge is 2.22. The molecule has 0 bridgehead atoms. The lowest BCUT2D eigenvalue weighted by atomic mass is 10.1. The van der Waals surface area contributed by atoms with E-state index in [1.807, 2.05) is 6.20 Å². The molecule has 2 aromatic heterocycles. The van der Waals surface area contributed by atoms with Gasteiger partial charge in [-0.2, -0.15) is 0 Å². The number of aryl methyl sites for hydroxylation is 1. The molecule has 3 heterocycles. The molecule has 0 saturated heterocycles. The summed E-state index contributed by atoms with van der Waals surface area (Å²) in [6.45, 7) is 2.31. The third-order valence-electron chi connectivity index (χ3n) is 3.00. The van der Waals surface area contributed by atoms with Crippen molar-refractivity contribution in [2.45, 2.75) is 19.8 Å². The zero-order valence-electron chi connectivity index (χ0n) is 9.03. The van der Waals surface area contributed by atoms with Gasteiger partial charge >= 0.3 is 0 Å². The largest absolute Gasteiger partial charge is 0.346 e. The summed E-state index contributed by atoms with van der Waals surface area (Å²) < 4.78 is 0. The molecule has 0 spiro atoms. The Hall–Kier alpha value is -1.91. The van der Waals surface area contributed by atoms with Gasteiger partial charge in [0.25, 0.3) is 0 Å². The van der Waals surface area contributed by atoms with Gasteiger partial charge in [0, 0.05) is 19.7 Å². The number of hydrogen-bond acceptors (Lipinski definition) is 3. The van der Waals surface area contributed by atoms with Crippen LogP contribution < -0.4 is 4.90 Å². The predicted octanol–water partition coefficient (Wildman–Crippen LogP) is 1.26. The van der Waals surface area contributed by atoms with E-state index in [1.165, 1.54) is 11.9 Å². The van der Waals surface area contributed by atoms with Gasteiger partial charge in [0.15, 0.2) is 0 Å². The third kappa shape index (κ3) is 1.21. The number of H-pyrrole nitrogens is 1. The summed E-state index contributed by atoms with van der Waals surface area (Å²) in [4.78, 5) is 24.8. The van der Waals surface area contributed by atoms with Crippen LogP contribution in [-0.2, 0) is 11.2 Å². The minimum absolute atomic E-state index is 0.0362. The van der Waals surface area contributed by atoms with Crippen molar-refractivity contribution in [3.05, 3.63) is 18.1 Å². The van der Waals surface area contributed by atoms with Gasteiger partial charge in [0.1, 0.15) is 17.8 Å². The van der Waals surface area contributed by atoms with Crippen molar-refractivity contribution in [3.8, 4) is 0 Å². The number of aromatic nitrogens is 3. The maximum atomic E-state index is 11.6. The first-order valence-corrected chi connectivity index (χ1v) is 5.36. The number of nitrogens with zero attached hydrogens (tertiary/aromatic N) is 3. The molecule has 3 rings (SSSR count). The molecule has 16 heavy (non-hydrogen) atoms. The highest BCUT2D eigenvalue weighted by Crippen LogP contribution is 2.30. The number of nitrogens with one attached hydrogen (secondary N) is 1. The van der Waals surface area contributed by atoms with E-state index in [0.717, 1.165) is 36.2 Å². The molecule has 1 amide bonds. The summed E-state index contributed by atoms with van der Waals surface area (Å²) in [5, 5.41) is 0.996. The Kier molecular flexibility index (Phi) is 1.92. The Morgan fingerprint density at radius 2 is 2.38 bits per heavy atom. The summed E-state index contributed by atoms with van der Waals surface area (Å²) in [6.07, 6.45) is 5.39. The fraction of sp³-hybridized carbons (Fsp3) is 0.364. The fourth-order valence-corrected chi connectivity index (χ4v) is 2.25. The highest BCUT2D eigenvalue weighted by atomic mass is 16.2. The van der Waals surface area contributed by atoms with E-state index >= 15 is 0 Å². The lowest BCUT2D eigenvalue weighted by molar-refractivity contribution is -0.116. The summed E-state index contributed by atoms with van der Waals surface area (Å²) in [6, 6.07) is 0. The molecule has 0 unspecified atom stereocenters. The summed E-state index contributed by atoms with van der Waals surface area (Å²) in [7, 11) is 0. The smallest absolute Gasteiger partial charge is 0.225 e. The average molecular weight is 216 g/mol. The van der Waals surface area contributed by atoms with E-state index in [0.29, 0.717) is 0 Å². The van der Waals surface area contributed by atoms with Crippen molar-refractivity contribution >= 4 is 22.8 Å². The molecule has 5 heteroatoms. The van der Waals surface area contributed by atoms with E-state index in [4.69, 9.17) is 0 Å². The monoisotopic (exact) mass is 216 g/mol. The number of rotatable bonds is 0. The van der Waals surface area contributed by atoms with Crippen molar-refractivity contribution in [1.82, 2.24) is 15.0 Å². The van der Waals surface area contributed by atoms with Crippen LogP contribution in [-0.4, -0.2) is 27.4 Å². The van der Waals surface area contributed by atoms with E-state index in [9.17, 15) is 4.79 Å². The van der Waals surface area contributed by atoms with Crippen molar-refractivity contribution in [2.24, 2.45) is 0 Å². The molecule has 0 radical (unpaired) electrons. The van der Waals surface area contributed by atoms with Crippen molar-refractivity contribution in [1.29, 1.82) is 0 Å². The molecule has 0 atom stereocenters. The minimum atomic E-state index is 0.0362. The highest BCUT2D eigenvalue weighted by molar-refractivity contribution is 6.01. The molecular weight excluding hydrogens is 204 g/mol. The fourth-order valence-electron chi connectivity index (χ4n) is 2.25. The quantitative estimate of drug-likeness (QED) is 0.721. The average Bonchev–Trinajstić information content (AvgIpc) is 2.56. The molecule has 0 aromatic carbocycles. The number of carbonyl (C=O) groups is 1. The number of aromatic amines is 1. The Morgan fingerprint density at radius 3 is 3.19 bits per heavy atom. The van der Waals surface area contributed by atoms with Crippen molar-refractivity contribution < 1.29 is 4.79 Å². The standard InChI is InChI=1S/C11H12N4O/c1-7(16)15-4-2-3-8-5-12-10-9(8)11(15)14-6-13-10/h5-6H,2-4H2,1H3,(H,12,13,14). The van der Waals surface area contributed by atoms with Crippen LogP contribution in [0.15, 0.2) is 12.5 Å². The molecule has 5 nitrogen and oxygen atoms in total. The maximum absolute atomic E-state index is 11.6. The SMILES string of the molecule is CC(=O)N1CCCc2c[nH]c3ncnc1c23. The Labute approximate surface area is 92.5 Å². The van der Waals surface area contributed by atoms with E-state index in [2.05, 4.69) is 15.0 Å². The predicted molar refractivity (Wildman–Crippen MR) is 60.2 cm³/mol. The second-order valence-corrected chi connectivity index (χ2v) is 4.01. The second-order valence-electron chi connectivity index (χ2n) is 4.01. The van der Waals surface area contributed by atoms with Gasteiger partial charge in [-0.25, -0.2) is 9.97 Å². The topological polar surface area (TPSA) is 61.9 Å². The zero-order chi connectivity index (χ0) is 11.1. The normalized spacial score (nSPS) is 15.2. The lowest BCUT2D eigenvalue weighted by Gasteiger charge is -2.18. The van der Waals surface area contributed by atoms with E-state index in [1.54, 1.807) is 11.8 Å². The minimum Gasteiger partial charge on any atom is -0.346 e. The van der Waals surface area contributed by atoms with Gasteiger partial charge < -0.3 is 4.98 Å². The van der Waals surface area contributed by atoms with Gasteiger partial charge in [-0.3, -0.25) is 9.69 Å². The van der Waals surface area contributed by atoms with Gasteiger partial charge in [-0.05, 0) is 18.4 Å². The van der Waals surface area contributed by atoms with Crippen LogP contribution in [0.3, 0.4) is 0 Å². The lowest BCUT2D eigenvalue weighted by Crippen LogP contribution is -2.29. The molecule has 0 saturated carbocycles. The number of amides is 1. The first-order chi connectivity index (χ1) is 7.77. The van der Waals surface area contributed by atoms with Crippen LogP contribution in [0.5, 0.6) is 0 Å². The summed E-state index contributed by atoms with van der Waals surface area (Å²) in [5.41, 5.74) is 2.02. The van der Waals surface area contributed by atoms with E-state index < -0.39 is 0 Å². The number of carbonyl (C=O) groups excluding carboxylic acids is 1. The number of anilines is 1. The van der Waals surface area contributed by atoms with Crippen LogP contribution in [0.1, 0.15) is 18.9 Å². The Morgan fingerprint density at radius 1 is 1.50 bits per heavy atom. The van der Waals surface area contributed by atoms with Crippen LogP contribution >= 0.6 is 0 Å². The van der Waals surface area contributed by atoms with Crippen LogP contribution in [0.2, 0.25) is 0 Å². The second kappa shape index (κ2) is 3.30. The third-order valence-corrected chi connectivity index (χ3v) is 3.00. The molecule has 82 valence electrons. The first kappa shape index (κ1) is 9.33. The summed E-state index contributed by atoms with van der Waals surface area (Å²) >= 11 is 0. The Bertz CT molecular complexity index is 560. The van der Waals surface area contributed by atoms with Gasteiger partial charge in [0.05, 0.1) is 5.39 Å². The van der Waals surface area contributed by atoms with Crippen LogP contribution in [0.25, 0.3) is 11.0 Å². The van der Waals surface area contributed by atoms with Crippen molar-refractivity contribution in [2.75, 3.05) is 11.4 Å². The van der Waals surface area contributed by atoms with E-state index in [-0.39, 0.29) is 5.91 Å². The van der Waals surface area contributed by atoms with Crippen LogP contribution in [0.4, 0.5) is 5.82 Å². The molecular formula is C11H12N4O. The van der Waals surface area contributed by atoms with Gasteiger partial charge in [-0.1, -0.05) is 0 Å². The molecule has 0 aliphatic carbocycles. The van der Waals surface area contributed by atoms with Gasteiger partial charge in [-0.15, -0.1) is 0 Å². The molecule has 1 N–H and O–H groups in total. The maximum Gasteiger partial charge on any atom is 0.225 e. The van der Waals surface area contributed by atoms with Crippen LogP contribution in [0, 0.1) is 0 Å². The molecule has 1 aliphatic heterocycles. The van der Waals surface area contributed by atoms with Crippen molar-refractivity contribution in [3.63, 3.8) is 0 Å². The summed E-state index contributed by atoms with van der Waals surface area (Å²) in [5.74, 6) is 0.778. The van der Waals surface area contributed by atoms with Gasteiger partial charge in [0.2, 0.25) is 5.91 Å².